The van der Waals surface area contributed by atoms with Crippen molar-refractivity contribution in [3.63, 3.8) is 0 Å². The van der Waals surface area contributed by atoms with Gasteiger partial charge in [-0.3, -0.25) is 4.79 Å². The van der Waals surface area contributed by atoms with Gasteiger partial charge in [-0.15, -0.1) is 0 Å². The Labute approximate surface area is 161 Å². The zero-order valence-corrected chi connectivity index (χ0v) is 15.5. The van der Waals surface area contributed by atoms with E-state index in [4.69, 9.17) is 26.8 Å². The van der Waals surface area contributed by atoms with E-state index in [-0.39, 0.29) is 18.1 Å². The number of aliphatic hydroxyl groups excluding tert-OH is 1. The average molecular weight is 401 g/mol. The number of nitrogens with zero attached hydrogens (tertiary/aromatic N) is 2. The number of carboxylic acid groups (broad SMARTS) is 1. The number of carbonyl (C=O) groups excluding carboxylic acids is 2. The third-order valence-electron chi connectivity index (χ3n) is 3.80. The molecule has 13 nitrogen and oxygen atoms in total. The fourth-order valence-electron chi connectivity index (χ4n) is 2.31. The Balaban J connectivity index is 2.84. The Morgan fingerprint density at radius 3 is 2.46 bits per heavy atom. The highest BCUT2D eigenvalue weighted by Crippen LogP contribution is 2.19. The number of nitrogens with one attached hydrogen (secondary N) is 2. The summed E-state index contributed by atoms with van der Waals surface area (Å²) in [6.07, 6.45) is 0.407. The minimum absolute atomic E-state index is 0.109. The minimum atomic E-state index is -1.55. The molecule has 0 aliphatic carbocycles. The summed E-state index contributed by atoms with van der Waals surface area (Å²) in [4.78, 5) is 38.5. The number of aliphatic hydroxyl groups is 1. The standard InChI is InChI=1S/C15H27N7O6/c1-7(23)11(14(25)26)20-15(27)19-9(6-10(18)24)13-21-12(22-28-13)8(17)4-2-3-5-16/h7-9,11,23H,2-6,16-17H2,1H3,(H2,18,24)(H,25,26)(H2,19,20,27)/t7?,8-,9-,11-/m0/s1. The maximum absolute atomic E-state index is 12.1. The summed E-state index contributed by atoms with van der Waals surface area (Å²) < 4.78 is 5.07. The Kier molecular flexibility index (Phi) is 9.27. The second kappa shape index (κ2) is 11.2. The first-order valence-corrected chi connectivity index (χ1v) is 8.71. The zero-order valence-electron chi connectivity index (χ0n) is 15.5. The molecule has 1 aromatic heterocycles. The molecule has 1 aromatic rings. The lowest BCUT2D eigenvalue weighted by Gasteiger charge is -2.19. The maximum Gasteiger partial charge on any atom is 0.328 e. The molecule has 0 aliphatic heterocycles. The van der Waals surface area contributed by atoms with Gasteiger partial charge in [0.15, 0.2) is 11.9 Å². The van der Waals surface area contributed by atoms with Crippen LogP contribution in [0.3, 0.4) is 0 Å². The van der Waals surface area contributed by atoms with Crippen molar-refractivity contribution in [2.75, 3.05) is 6.54 Å². The molecule has 10 N–H and O–H groups in total. The summed E-state index contributed by atoms with van der Waals surface area (Å²) >= 11 is 0. The number of nitrogens with two attached hydrogens (primary N) is 3. The van der Waals surface area contributed by atoms with Crippen LogP contribution in [-0.2, 0) is 9.59 Å². The fraction of sp³-hybridized carbons (Fsp3) is 0.667. The van der Waals surface area contributed by atoms with E-state index in [2.05, 4.69) is 20.8 Å². The summed E-state index contributed by atoms with van der Waals surface area (Å²) in [5.41, 5.74) is 16.6. The van der Waals surface area contributed by atoms with E-state index in [1.54, 1.807) is 0 Å². The van der Waals surface area contributed by atoms with Crippen LogP contribution in [0, 0.1) is 0 Å². The summed E-state index contributed by atoms with van der Waals surface area (Å²) in [5.74, 6) is -2.11. The summed E-state index contributed by atoms with van der Waals surface area (Å²) in [6, 6.07) is -4.13. The van der Waals surface area contributed by atoms with Gasteiger partial charge in [0.25, 0.3) is 0 Å². The highest BCUT2D eigenvalue weighted by molar-refractivity contribution is 5.83. The molecule has 4 atom stereocenters. The van der Waals surface area contributed by atoms with Crippen LogP contribution in [0.25, 0.3) is 0 Å². The number of primary amides is 1. The summed E-state index contributed by atoms with van der Waals surface area (Å²) in [7, 11) is 0. The third kappa shape index (κ3) is 7.46. The lowest BCUT2D eigenvalue weighted by atomic mass is 10.1. The molecule has 0 spiro atoms. The monoisotopic (exact) mass is 401 g/mol. The van der Waals surface area contributed by atoms with Crippen molar-refractivity contribution in [2.45, 2.75) is 56.8 Å². The number of carboxylic acids is 1. The fourth-order valence-corrected chi connectivity index (χ4v) is 2.31. The first kappa shape index (κ1) is 23.3. The molecule has 0 saturated heterocycles. The van der Waals surface area contributed by atoms with Crippen molar-refractivity contribution in [1.82, 2.24) is 20.8 Å². The van der Waals surface area contributed by atoms with Crippen LogP contribution in [-0.4, -0.2) is 57.0 Å². The lowest BCUT2D eigenvalue weighted by molar-refractivity contribution is -0.141. The smallest absolute Gasteiger partial charge is 0.328 e. The van der Waals surface area contributed by atoms with Gasteiger partial charge in [0.05, 0.1) is 18.6 Å². The van der Waals surface area contributed by atoms with Gasteiger partial charge < -0.3 is 42.6 Å². The van der Waals surface area contributed by atoms with E-state index in [0.29, 0.717) is 13.0 Å². The molecule has 0 saturated carbocycles. The normalized spacial score (nSPS) is 15.3. The summed E-state index contributed by atoms with van der Waals surface area (Å²) in [5, 5.41) is 26.6. The van der Waals surface area contributed by atoms with Gasteiger partial charge in [-0.05, 0) is 26.3 Å². The summed E-state index contributed by atoms with van der Waals surface area (Å²) in [6.45, 7) is 1.74. The number of aliphatic carboxylic acids is 1. The van der Waals surface area contributed by atoms with Gasteiger partial charge in [0, 0.05) is 0 Å². The molecule has 1 unspecified atom stereocenters. The van der Waals surface area contributed by atoms with E-state index < -0.39 is 42.1 Å². The largest absolute Gasteiger partial charge is 0.480 e. The molecular formula is C15H27N7O6. The van der Waals surface area contributed by atoms with Gasteiger partial charge in [0.1, 0.15) is 6.04 Å². The maximum atomic E-state index is 12.1. The Hall–Kier alpha value is -2.77. The van der Waals surface area contributed by atoms with Crippen molar-refractivity contribution in [3.05, 3.63) is 11.7 Å². The van der Waals surface area contributed by atoms with Crippen LogP contribution in [0.1, 0.15) is 56.4 Å². The van der Waals surface area contributed by atoms with Gasteiger partial charge in [-0.2, -0.15) is 4.98 Å². The number of hydrogen-bond acceptors (Lipinski definition) is 9. The van der Waals surface area contributed by atoms with Crippen LogP contribution in [0.4, 0.5) is 4.79 Å². The molecule has 0 aliphatic rings. The number of aromatic nitrogens is 2. The highest BCUT2D eigenvalue weighted by Gasteiger charge is 2.29. The number of unbranched alkanes of at least 4 members (excludes halogenated alkanes) is 1. The Morgan fingerprint density at radius 1 is 1.25 bits per heavy atom. The molecular weight excluding hydrogens is 374 g/mol. The molecule has 1 rings (SSSR count). The molecule has 0 bridgehead atoms. The predicted molar refractivity (Wildman–Crippen MR) is 95.5 cm³/mol. The zero-order chi connectivity index (χ0) is 21.3. The van der Waals surface area contributed by atoms with Gasteiger partial charge >= 0.3 is 12.0 Å². The average Bonchev–Trinajstić information content (AvgIpc) is 3.08. The molecule has 0 aromatic carbocycles. The number of rotatable bonds is 12. The number of amides is 3. The van der Waals surface area contributed by atoms with Crippen molar-refractivity contribution in [1.29, 1.82) is 0 Å². The Morgan fingerprint density at radius 2 is 1.93 bits per heavy atom. The molecule has 0 radical (unpaired) electrons. The van der Waals surface area contributed by atoms with Gasteiger partial charge in [0.2, 0.25) is 11.8 Å². The topological polar surface area (TPSA) is 233 Å². The molecule has 158 valence electrons. The molecule has 3 amide bonds. The quantitative estimate of drug-likeness (QED) is 0.195. The predicted octanol–water partition coefficient (Wildman–Crippen LogP) is -1.75. The lowest BCUT2D eigenvalue weighted by Crippen LogP contribution is -2.52. The van der Waals surface area contributed by atoms with Crippen LogP contribution in [0.15, 0.2) is 4.52 Å². The van der Waals surface area contributed by atoms with Crippen LogP contribution in [0.2, 0.25) is 0 Å². The second-order valence-corrected chi connectivity index (χ2v) is 6.28. The minimum Gasteiger partial charge on any atom is -0.480 e. The SMILES string of the molecule is CC(O)[C@H](NC(=O)N[C@@H](CC(N)=O)c1nc([C@@H](N)CCCCN)no1)C(=O)O. The van der Waals surface area contributed by atoms with Crippen LogP contribution >= 0.6 is 0 Å². The molecule has 1 heterocycles. The second-order valence-electron chi connectivity index (χ2n) is 6.28. The van der Waals surface area contributed by atoms with Crippen molar-refractivity contribution < 1.29 is 29.1 Å². The molecule has 13 heteroatoms. The van der Waals surface area contributed by atoms with Gasteiger partial charge in [-0.1, -0.05) is 11.6 Å². The third-order valence-corrected chi connectivity index (χ3v) is 3.80. The first-order valence-electron chi connectivity index (χ1n) is 8.71. The number of hydrogen-bond donors (Lipinski definition) is 7. The number of carbonyl (C=O) groups is 3. The first-order chi connectivity index (χ1) is 13.1. The van der Waals surface area contributed by atoms with E-state index >= 15 is 0 Å². The van der Waals surface area contributed by atoms with Gasteiger partial charge in [-0.25, -0.2) is 9.59 Å². The van der Waals surface area contributed by atoms with Crippen LogP contribution < -0.4 is 27.8 Å². The molecule has 0 fully saturated rings. The van der Waals surface area contributed by atoms with Crippen LogP contribution in [0.5, 0.6) is 0 Å². The Bertz CT molecular complexity index is 665. The highest BCUT2D eigenvalue weighted by atomic mass is 16.5. The van der Waals surface area contributed by atoms with Crippen molar-refractivity contribution >= 4 is 17.9 Å². The number of urea groups is 1. The van der Waals surface area contributed by atoms with Crippen molar-refractivity contribution in [2.24, 2.45) is 17.2 Å². The van der Waals surface area contributed by atoms with E-state index in [1.807, 2.05) is 0 Å². The van der Waals surface area contributed by atoms with E-state index in [9.17, 15) is 19.5 Å². The van der Waals surface area contributed by atoms with Crippen molar-refractivity contribution in [3.8, 4) is 0 Å². The molecule has 28 heavy (non-hydrogen) atoms. The van der Waals surface area contributed by atoms with E-state index in [1.165, 1.54) is 6.92 Å². The van der Waals surface area contributed by atoms with E-state index in [0.717, 1.165) is 12.8 Å².